The molecule has 0 aliphatic heterocycles. The predicted molar refractivity (Wildman–Crippen MR) is 104 cm³/mol. The van der Waals surface area contributed by atoms with Crippen LogP contribution in [0.15, 0.2) is 53.9 Å². The molecule has 0 amide bonds. The first-order valence-electron chi connectivity index (χ1n) is 7.55. The lowest BCUT2D eigenvalue weighted by Gasteiger charge is -1.96. The van der Waals surface area contributed by atoms with Crippen molar-refractivity contribution in [3.8, 4) is 31.7 Å². The van der Waals surface area contributed by atoms with E-state index in [-0.39, 0.29) is 5.82 Å². The molecule has 124 valence electrons. The van der Waals surface area contributed by atoms with Gasteiger partial charge in [0.05, 0.1) is 16.3 Å². The summed E-state index contributed by atoms with van der Waals surface area (Å²) in [4.78, 5) is 10.4. The van der Waals surface area contributed by atoms with Crippen molar-refractivity contribution in [2.45, 2.75) is 6.92 Å². The molecule has 0 aliphatic rings. The lowest BCUT2D eigenvalue weighted by atomic mass is 10.2. The molecule has 0 radical (unpaired) electrons. The van der Waals surface area contributed by atoms with Gasteiger partial charge in [0, 0.05) is 21.5 Å². The molecule has 2 aromatic heterocycles. The molecule has 0 atom stereocenters. The van der Waals surface area contributed by atoms with Crippen LogP contribution < -0.4 is 0 Å². The van der Waals surface area contributed by atoms with E-state index < -0.39 is 0 Å². The summed E-state index contributed by atoms with van der Waals surface area (Å²) in [5, 5.41) is 4.56. The fourth-order valence-corrected chi connectivity index (χ4v) is 4.61. The summed E-state index contributed by atoms with van der Waals surface area (Å²) in [6.45, 7) is 1.97. The van der Waals surface area contributed by atoms with E-state index in [4.69, 9.17) is 16.6 Å². The van der Waals surface area contributed by atoms with Crippen LogP contribution in [-0.2, 0) is 0 Å². The lowest BCUT2D eigenvalue weighted by molar-refractivity contribution is 0.628. The van der Waals surface area contributed by atoms with Crippen LogP contribution in [0, 0.1) is 12.7 Å². The van der Waals surface area contributed by atoms with Gasteiger partial charge in [0.1, 0.15) is 15.8 Å². The van der Waals surface area contributed by atoms with Crippen molar-refractivity contribution >= 4 is 34.3 Å². The Morgan fingerprint density at radius 1 is 0.880 bits per heavy atom. The lowest BCUT2D eigenvalue weighted by Crippen LogP contribution is -1.80. The standard InChI is InChI=1S/C19H12ClFN2S2/c1-11-17(25-18(22-11)13-4-8-15(21)9-5-13)19-23-16(10-24-19)12-2-6-14(20)7-3-12/h2-10H,1H3. The highest BCUT2D eigenvalue weighted by Crippen LogP contribution is 2.38. The Morgan fingerprint density at radius 2 is 1.56 bits per heavy atom. The Labute approximate surface area is 157 Å². The molecule has 0 spiro atoms. The van der Waals surface area contributed by atoms with Crippen LogP contribution in [0.4, 0.5) is 4.39 Å². The van der Waals surface area contributed by atoms with E-state index in [1.807, 2.05) is 36.6 Å². The minimum absolute atomic E-state index is 0.246. The van der Waals surface area contributed by atoms with E-state index in [2.05, 4.69) is 4.98 Å². The molecule has 0 aliphatic carbocycles. The molecular formula is C19H12ClFN2S2. The summed E-state index contributed by atoms with van der Waals surface area (Å²) < 4.78 is 13.1. The first-order valence-corrected chi connectivity index (χ1v) is 9.63. The van der Waals surface area contributed by atoms with Crippen molar-refractivity contribution < 1.29 is 4.39 Å². The molecule has 2 aromatic carbocycles. The Morgan fingerprint density at radius 3 is 2.28 bits per heavy atom. The van der Waals surface area contributed by atoms with Crippen LogP contribution in [-0.4, -0.2) is 9.97 Å². The van der Waals surface area contributed by atoms with E-state index in [9.17, 15) is 4.39 Å². The quantitative estimate of drug-likeness (QED) is 0.391. The second-order valence-corrected chi connectivity index (χ2v) is 7.78. The fourth-order valence-electron chi connectivity index (χ4n) is 2.44. The molecule has 0 bridgehead atoms. The molecule has 0 saturated heterocycles. The number of rotatable bonds is 3. The largest absolute Gasteiger partial charge is 0.241 e. The number of thiazole rings is 2. The number of aromatic nitrogens is 2. The third-order valence-corrected chi connectivity index (χ3v) is 6.18. The summed E-state index contributed by atoms with van der Waals surface area (Å²) in [5.41, 5.74) is 3.80. The number of hydrogen-bond acceptors (Lipinski definition) is 4. The van der Waals surface area contributed by atoms with Gasteiger partial charge >= 0.3 is 0 Å². The Balaban J connectivity index is 1.69. The van der Waals surface area contributed by atoms with Crippen molar-refractivity contribution in [3.05, 3.63) is 70.4 Å². The van der Waals surface area contributed by atoms with E-state index in [1.54, 1.807) is 34.8 Å². The first kappa shape index (κ1) is 16.4. The van der Waals surface area contributed by atoms with Gasteiger partial charge in [-0.1, -0.05) is 23.7 Å². The molecule has 25 heavy (non-hydrogen) atoms. The monoisotopic (exact) mass is 386 g/mol. The highest BCUT2D eigenvalue weighted by atomic mass is 35.5. The topological polar surface area (TPSA) is 25.8 Å². The predicted octanol–water partition coefficient (Wildman–Crippen LogP) is 6.70. The number of benzene rings is 2. The first-order chi connectivity index (χ1) is 12.1. The van der Waals surface area contributed by atoms with E-state index in [1.165, 1.54) is 12.1 Å². The van der Waals surface area contributed by atoms with Crippen LogP contribution in [0.5, 0.6) is 0 Å². The zero-order valence-corrected chi connectivity index (χ0v) is 15.6. The van der Waals surface area contributed by atoms with Gasteiger partial charge in [-0.3, -0.25) is 0 Å². The molecule has 2 nitrogen and oxygen atoms in total. The van der Waals surface area contributed by atoms with Crippen molar-refractivity contribution in [2.75, 3.05) is 0 Å². The SMILES string of the molecule is Cc1nc(-c2ccc(F)cc2)sc1-c1nc(-c2ccc(Cl)cc2)cs1. The van der Waals surface area contributed by atoms with Crippen LogP contribution in [0.25, 0.3) is 31.7 Å². The number of hydrogen-bond donors (Lipinski definition) is 0. The molecular weight excluding hydrogens is 375 g/mol. The van der Waals surface area contributed by atoms with Crippen LogP contribution in [0.1, 0.15) is 5.69 Å². The molecule has 0 fully saturated rings. The van der Waals surface area contributed by atoms with Crippen molar-refractivity contribution in [2.24, 2.45) is 0 Å². The Kier molecular flexibility index (Phi) is 4.37. The van der Waals surface area contributed by atoms with Gasteiger partial charge < -0.3 is 0 Å². The van der Waals surface area contributed by atoms with Gasteiger partial charge in [0.15, 0.2) is 0 Å². The zero-order chi connectivity index (χ0) is 17.4. The second-order valence-electron chi connectivity index (χ2n) is 5.49. The number of nitrogens with zero attached hydrogens (tertiary/aromatic N) is 2. The smallest absolute Gasteiger partial charge is 0.135 e. The normalized spacial score (nSPS) is 11.0. The van der Waals surface area contributed by atoms with E-state index in [0.717, 1.165) is 37.4 Å². The van der Waals surface area contributed by atoms with Gasteiger partial charge in [-0.15, -0.1) is 22.7 Å². The summed E-state index contributed by atoms with van der Waals surface area (Å²) in [6.07, 6.45) is 0. The second kappa shape index (κ2) is 6.67. The van der Waals surface area contributed by atoms with Crippen LogP contribution in [0.3, 0.4) is 0 Å². The highest BCUT2D eigenvalue weighted by Gasteiger charge is 2.15. The fraction of sp³-hybridized carbons (Fsp3) is 0.0526. The number of halogens is 2. The maximum Gasteiger partial charge on any atom is 0.135 e. The average molecular weight is 387 g/mol. The van der Waals surface area contributed by atoms with E-state index in [0.29, 0.717) is 5.02 Å². The molecule has 4 rings (SSSR count). The molecule has 0 saturated carbocycles. The van der Waals surface area contributed by atoms with Crippen molar-refractivity contribution in [3.63, 3.8) is 0 Å². The summed E-state index contributed by atoms with van der Waals surface area (Å²) in [6, 6.07) is 14.1. The van der Waals surface area contributed by atoms with Crippen LogP contribution >= 0.6 is 34.3 Å². The maximum atomic E-state index is 13.1. The Hall–Kier alpha value is -2.08. The van der Waals surface area contributed by atoms with Crippen LogP contribution in [0.2, 0.25) is 5.02 Å². The average Bonchev–Trinajstić information content (AvgIpc) is 3.23. The molecule has 0 unspecified atom stereocenters. The van der Waals surface area contributed by atoms with Gasteiger partial charge in [-0.25, -0.2) is 14.4 Å². The highest BCUT2D eigenvalue weighted by molar-refractivity contribution is 7.23. The van der Waals surface area contributed by atoms with Crippen molar-refractivity contribution in [1.29, 1.82) is 0 Å². The Bertz CT molecular complexity index is 1020. The van der Waals surface area contributed by atoms with Gasteiger partial charge in [-0.05, 0) is 43.3 Å². The molecule has 6 heteroatoms. The summed E-state index contributed by atoms with van der Waals surface area (Å²) in [5.74, 6) is -0.246. The maximum absolute atomic E-state index is 13.1. The number of aryl methyl sites for hydroxylation is 1. The third kappa shape index (κ3) is 3.35. The zero-order valence-electron chi connectivity index (χ0n) is 13.2. The van der Waals surface area contributed by atoms with E-state index >= 15 is 0 Å². The minimum Gasteiger partial charge on any atom is -0.241 e. The van der Waals surface area contributed by atoms with Gasteiger partial charge in [-0.2, -0.15) is 0 Å². The minimum atomic E-state index is -0.246. The van der Waals surface area contributed by atoms with Crippen molar-refractivity contribution in [1.82, 2.24) is 9.97 Å². The van der Waals surface area contributed by atoms with Gasteiger partial charge in [0.25, 0.3) is 0 Å². The summed E-state index contributed by atoms with van der Waals surface area (Å²) in [7, 11) is 0. The summed E-state index contributed by atoms with van der Waals surface area (Å²) >= 11 is 9.11. The van der Waals surface area contributed by atoms with Gasteiger partial charge in [0.2, 0.25) is 0 Å². The third-order valence-electron chi connectivity index (χ3n) is 3.73. The molecule has 2 heterocycles. The molecule has 0 N–H and O–H groups in total. The molecule has 4 aromatic rings.